The number of hydrogen-bond acceptors (Lipinski definition) is 4. The van der Waals surface area contributed by atoms with E-state index in [0.29, 0.717) is 36.7 Å². The average molecular weight is 570 g/mol. The molecule has 4 aromatic rings. The molecule has 0 fully saturated rings. The molecule has 6 rings (SSSR count). The van der Waals surface area contributed by atoms with Gasteiger partial charge in [-0.2, -0.15) is 0 Å². The Morgan fingerprint density at radius 2 is 1.76 bits per heavy atom. The number of carbonyl (C=O) groups excluding carboxylic acids is 1. The molecule has 6 nitrogen and oxygen atoms in total. The van der Waals surface area contributed by atoms with Gasteiger partial charge in [-0.3, -0.25) is 4.79 Å². The van der Waals surface area contributed by atoms with E-state index in [1.165, 1.54) is 17.2 Å². The molecule has 0 bridgehead atoms. The fraction of sp³-hybridized carbons (Fsp3) is 0.353. The summed E-state index contributed by atoms with van der Waals surface area (Å²) in [4.78, 5) is 17.8. The number of amides is 1. The van der Waals surface area contributed by atoms with Crippen molar-refractivity contribution in [2.75, 3.05) is 5.32 Å². The van der Waals surface area contributed by atoms with Gasteiger partial charge in [-0.1, -0.05) is 55.8 Å². The van der Waals surface area contributed by atoms with Gasteiger partial charge in [-0.15, -0.1) is 0 Å². The zero-order valence-corrected chi connectivity index (χ0v) is 23.9. The van der Waals surface area contributed by atoms with E-state index >= 15 is 0 Å². The monoisotopic (exact) mass is 569 g/mol. The van der Waals surface area contributed by atoms with Gasteiger partial charge in [0.1, 0.15) is 18.0 Å². The molecule has 8 heteroatoms. The van der Waals surface area contributed by atoms with E-state index in [0.717, 1.165) is 55.1 Å². The number of halogens is 2. The predicted octanol–water partition coefficient (Wildman–Crippen LogP) is 5.66. The highest BCUT2D eigenvalue weighted by molar-refractivity contribution is 5.94. The Bertz CT molecular complexity index is 1540. The molecule has 3 N–H and O–H groups in total. The third-order valence-corrected chi connectivity index (χ3v) is 8.53. The zero-order valence-electron chi connectivity index (χ0n) is 23.9. The van der Waals surface area contributed by atoms with Gasteiger partial charge >= 0.3 is 0 Å². The van der Waals surface area contributed by atoms with E-state index in [1.807, 2.05) is 29.8 Å². The van der Waals surface area contributed by atoms with Crippen molar-refractivity contribution in [3.8, 4) is 5.69 Å². The Labute approximate surface area is 245 Å². The topological polar surface area (TPSA) is 71.0 Å². The van der Waals surface area contributed by atoms with Crippen molar-refractivity contribution in [1.29, 1.82) is 0 Å². The Hall–Kier alpha value is -3.88. The minimum atomic E-state index is -0.543. The van der Waals surface area contributed by atoms with Crippen LogP contribution in [0.5, 0.6) is 0 Å². The summed E-state index contributed by atoms with van der Waals surface area (Å²) in [7, 11) is 0. The summed E-state index contributed by atoms with van der Waals surface area (Å²) in [6.45, 7) is 2.76. The van der Waals surface area contributed by atoms with Gasteiger partial charge in [0.15, 0.2) is 5.82 Å². The zero-order chi connectivity index (χ0) is 29.1. The minimum Gasteiger partial charge on any atom is -0.309 e. The fourth-order valence-electron chi connectivity index (χ4n) is 6.39. The molecule has 218 valence electrons. The molecule has 0 unspecified atom stereocenters. The highest BCUT2D eigenvalue weighted by atomic mass is 19.1. The maximum absolute atomic E-state index is 14.4. The third-order valence-electron chi connectivity index (χ3n) is 8.53. The van der Waals surface area contributed by atoms with Gasteiger partial charge < -0.3 is 20.5 Å². The number of fused-ring (bicyclic) bond motifs is 2. The number of aryl methyl sites for hydroxylation is 1. The summed E-state index contributed by atoms with van der Waals surface area (Å²) in [5.41, 5.74) is 6.27. The van der Waals surface area contributed by atoms with Gasteiger partial charge in [0.2, 0.25) is 5.91 Å². The lowest BCUT2D eigenvalue weighted by Crippen LogP contribution is -2.48. The first-order chi connectivity index (χ1) is 20.5. The van der Waals surface area contributed by atoms with E-state index < -0.39 is 17.7 Å². The lowest BCUT2D eigenvalue weighted by Gasteiger charge is -2.29. The molecule has 42 heavy (non-hydrogen) atoms. The quantitative estimate of drug-likeness (QED) is 0.231. The minimum absolute atomic E-state index is 0.0654. The molecular weight excluding hydrogens is 532 g/mol. The highest BCUT2D eigenvalue weighted by Gasteiger charge is 2.27. The molecule has 0 radical (unpaired) electrons. The Kier molecular flexibility index (Phi) is 8.44. The number of imidazole rings is 1. The van der Waals surface area contributed by atoms with Crippen molar-refractivity contribution in [3.05, 3.63) is 113 Å². The Morgan fingerprint density at radius 1 is 1.00 bits per heavy atom. The average Bonchev–Trinajstić information content (AvgIpc) is 3.63. The lowest BCUT2D eigenvalue weighted by atomic mass is 9.87. The second-order valence-electron chi connectivity index (χ2n) is 11.5. The maximum Gasteiger partial charge on any atom is 0.242 e. The number of carbonyl (C=O) groups is 1. The molecule has 2 aliphatic rings. The SMILES string of the molecule is CCC[C@H](N[C@H]1CCc2cc(F)cc(F)c2C1)C(=O)Nc1cn(-c2ccccc2CNC2Cc3ccccc3C2)cn1. The van der Waals surface area contributed by atoms with Crippen LogP contribution >= 0.6 is 0 Å². The van der Waals surface area contributed by atoms with Gasteiger partial charge in [0.05, 0.1) is 17.9 Å². The molecule has 1 amide bonds. The summed E-state index contributed by atoms with van der Waals surface area (Å²) >= 11 is 0. The molecular formula is C34H37F2N5O. The van der Waals surface area contributed by atoms with E-state index in [9.17, 15) is 13.6 Å². The molecule has 0 spiro atoms. The molecule has 0 aliphatic heterocycles. The second kappa shape index (κ2) is 12.5. The first-order valence-electron chi connectivity index (χ1n) is 14.9. The van der Waals surface area contributed by atoms with Gasteiger partial charge in [-0.25, -0.2) is 13.8 Å². The van der Waals surface area contributed by atoms with Crippen molar-refractivity contribution in [2.24, 2.45) is 0 Å². The van der Waals surface area contributed by atoms with Crippen molar-refractivity contribution < 1.29 is 13.6 Å². The van der Waals surface area contributed by atoms with Crippen molar-refractivity contribution in [1.82, 2.24) is 20.2 Å². The van der Waals surface area contributed by atoms with Gasteiger partial charge in [-0.05, 0) is 78.5 Å². The highest BCUT2D eigenvalue weighted by Crippen LogP contribution is 2.26. The van der Waals surface area contributed by atoms with Gasteiger partial charge in [0, 0.05) is 24.7 Å². The molecule has 3 aromatic carbocycles. The number of aromatic nitrogens is 2. The fourth-order valence-corrected chi connectivity index (χ4v) is 6.39. The smallest absolute Gasteiger partial charge is 0.242 e. The summed E-state index contributed by atoms with van der Waals surface area (Å²) in [6, 6.07) is 19.1. The van der Waals surface area contributed by atoms with Gasteiger partial charge in [0.25, 0.3) is 0 Å². The van der Waals surface area contributed by atoms with Crippen LogP contribution in [0, 0.1) is 11.6 Å². The molecule has 1 aromatic heterocycles. The van der Waals surface area contributed by atoms with Crippen LogP contribution in [0.25, 0.3) is 5.69 Å². The number of para-hydroxylation sites is 1. The standard InChI is InChI=1S/C34H37F2N5O/c1-2-7-31(39-27-13-12-24-14-26(35)17-30(36)29(24)18-27)34(42)40-33-20-41(21-38-33)32-11-6-5-10-25(32)19-37-28-15-22-8-3-4-9-23(22)16-28/h3-6,8-11,14,17,20-21,27-28,31,37,39H,2,7,12-13,15-16,18-19H2,1H3,(H,40,42)/t27-,31-/m0/s1. The van der Waals surface area contributed by atoms with E-state index in [-0.39, 0.29) is 11.9 Å². The predicted molar refractivity (Wildman–Crippen MR) is 161 cm³/mol. The van der Waals surface area contributed by atoms with Crippen LogP contribution < -0.4 is 16.0 Å². The Balaban J connectivity index is 1.08. The Morgan fingerprint density at radius 3 is 2.55 bits per heavy atom. The largest absolute Gasteiger partial charge is 0.309 e. The number of rotatable bonds is 10. The van der Waals surface area contributed by atoms with Crippen molar-refractivity contribution in [3.63, 3.8) is 0 Å². The summed E-state index contributed by atoms with van der Waals surface area (Å²) < 4.78 is 30.0. The van der Waals surface area contributed by atoms with Crippen LogP contribution in [-0.2, 0) is 37.0 Å². The van der Waals surface area contributed by atoms with Crippen LogP contribution in [0.3, 0.4) is 0 Å². The van der Waals surface area contributed by atoms with Crippen LogP contribution in [0.15, 0.2) is 73.2 Å². The third kappa shape index (κ3) is 6.30. The molecule has 2 aliphatic carbocycles. The number of hydrogen-bond donors (Lipinski definition) is 3. The molecule has 0 saturated heterocycles. The number of nitrogens with zero attached hydrogens (tertiary/aromatic N) is 2. The number of benzene rings is 3. The summed E-state index contributed by atoms with van der Waals surface area (Å²) in [6.07, 6.45) is 8.82. The van der Waals surface area contributed by atoms with Crippen LogP contribution in [0.4, 0.5) is 14.6 Å². The van der Waals surface area contributed by atoms with E-state index in [1.54, 1.807) is 6.33 Å². The first-order valence-corrected chi connectivity index (χ1v) is 14.9. The number of anilines is 1. The summed E-state index contributed by atoms with van der Waals surface area (Å²) in [5.74, 6) is -0.739. The molecule has 0 saturated carbocycles. The van der Waals surface area contributed by atoms with Crippen molar-refractivity contribution >= 4 is 11.7 Å². The van der Waals surface area contributed by atoms with E-state index in [4.69, 9.17) is 0 Å². The van der Waals surface area contributed by atoms with Crippen LogP contribution in [-0.4, -0.2) is 33.6 Å². The summed E-state index contributed by atoms with van der Waals surface area (Å²) in [5, 5.41) is 10.1. The number of nitrogens with one attached hydrogen (secondary N) is 3. The van der Waals surface area contributed by atoms with Crippen LogP contribution in [0.2, 0.25) is 0 Å². The van der Waals surface area contributed by atoms with Crippen molar-refractivity contribution in [2.45, 2.75) is 76.5 Å². The second-order valence-corrected chi connectivity index (χ2v) is 11.5. The molecule has 1 heterocycles. The maximum atomic E-state index is 14.4. The first kappa shape index (κ1) is 28.2. The molecule has 2 atom stereocenters. The van der Waals surface area contributed by atoms with E-state index in [2.05, 4.69) is 57.3 Å². The normalized spacial score (nSPS) is 17.1. The van der Waals surface area contributed by atoms with Crippen LogP contribution in [0.1, 0.15) is 54.0 Å². The lowest BCUT2D eigenvalue weighted by molar-refractivity contribution is -0.118.